The molecular weight excluding hydrogens is 328 g/mol. The Labute approximate surface area is 154 Å². The third kappa shape index (κ3) is 3.39. The van der Waals surface area contributed by atoms with Crippen molar-refractivity contribution < 1.29 is 14.3 Å². The van der Waals surface area contributed by atoms with Crippen LogP contribution in [0.15, 0.2) is 30.3 Å². The van der Waals surface area contributed by atoms with Crippen LogP contribution in [0.3, 0.4) is 0 Å². The number of nitrogens with one attached hydrogen (secondary N) is 1. The molecule has 5 nitrogen and oxygen atoms in total. The Bertz CT molecular complexity index is 795. The van der Waals surface area contributed by atoms with Crippen molar-refractivity contribution in [2.24, 2.45) is 0 Å². The van der Waals surface area contributed by atoms with Crippen LogP contribution in [-0.2, 0) is 17.6 Å². The third-order valence-electron chi connectivity index (χ3n) is 5.24. The monoisotopic (exact) mass is 354 g/mol. The first kappa shape index (κ1) is 18.2. The number of carbonyl (C=O) groups excluding carboxylic acids is 2. The molecule has 3 rings (SSSR count). The fraction of sp³-hybridized carbons (Fsp3) is 0.429. The average Bonchev–Trinajstić information content (AvgIpc) is 3.25. The van der Waals surface area contributed by atoms with Gasteiger partial charge in [0.15, 0.2) is 0 Å². The summed E-state index contributed by atoms with van der Waals surface area (Å²) in [6, 6.07) is 10.5. The van der Waals surface area contributed by atoms with E-state index in [4.69, 9.17) is 4.74 Å². The smallest absolute Gasteiger partial charge is 0.339 e. The van der Waals surface area contributed by atoms with Crippen molar-refractivity contribution in [1.82, 2.24) is 9.88 Å². The highest BCUT2D eigenvalue weighted by molar-refractivity contribution is 6.00. The molecule has 1 fully saturated rings. The number of H-pyrrole nitrogens is 1. The number of likely N-dealkylation sites (tertiary alicyclic amines) is 1. The van der Waals surface area contributed by atoms with E-state index in [0.717, 1.165) is 31.5 Å². The first-order valence-electron chi connectivity index (χ1n) is 9.21. The van der Waals surface area contributed by atoms with E-state index in [0.29, 0.717) is 23.2 Å². The number of ether oxygens (including phenoxy) is 1. The molecule has 0 spiro atoms. The van der Waals surface area contributed by atoms with Gasteiger partial charge >= 0.3 is 5.97 Å². The predicted molar refractivity (Wildman–Crippen MR) is 100 cm³/mol. The van der Waals surface area contributed by atoms with Crippen molar-refractivity contribution in [3.05, 3.63) is 58.4 Å². The molecule has 2 heterocycles. The van der Waals surface area contributed by atoms with Gasteiger partial charge in [-0.15, -0.1) is 0 Å². The molecule has 26 heavy (non-hydrogen) atoms. The van der Waals surface area contributed by atoms with Crippen molar-refractivity contribution in [1.29, 1.82) is 0 Å². The lowest BCUT2D eigenvalue weighted by atomic mass is 10.0. The SMILES string of the molecule is CCc1[nH]c(C(=O)N2CCCC2Cc2ccccc2)c(C)c1C(=O)OC. The molecule has 1 unspecified atom stereocenters. The van der Waals surface area contributed by atoms with Crippen molar-refractivity contribution in [2.45, 2.75) is 45.6 Å². The van der Waals surface area contributed by atoms with Crippen molar-refractivity contribution in [3.63, 3.8) is 0 Å². The zero-order valence-corrected chi connectivity index (χ0v) is 15.7. The van der Waals surface area contributed by atoms with Gasteiger partial charge in [-0.25, -0.2) is 4.79 Å². The summed E-state index contributed by atoms with van der Waals surface area (Å²) >= 11 is 0. The topological polar surface area (TPSA) is 62.4 Å². The summed E-state index contributed by atoms with van der Waals surface area (Å²) < 4.78 is 4.89. The zero-order chi connectivity index (χ0) is 18.7. The van der Waals surface area contributed by atoms with Gasteiger partial charge in [0.25, 0.3) is 5.91 Å². The number of nitrogens with zero attached hydrogens (tertiary/aromatic N) is 1. The molecule has 1 aliphatic rings. The minimum absolute atomic E-state index is 0.0224. The van der Waals surface area contributed by atoms with E-state index in [1.165, 1.54) is 12.7 Å². The summed E-state index contributed by atoms with van der Waals surface area (Å²) in [7, 11) is 1.37. The quantitative estimate of drug-likeness (QED) is 0.836. The maximum absolute atomic E-state index is 13.2. The van der Waals surface area contributed by atoms with Crippen LogP contribution in [0.5, 0.6) is 0 Å². The minimum atomic E-state index is -0.392. The Morgan fingerprint density at radius 2 is 2.00 bits per heavy atom. The van der Waals surface area contributed by atoms with Gasteiger partial charge in [0.2, 0.25) is 0 Å². The van der Waals surface area contributed by atoms with Crippen molar-refractivity contribution in [3.8, 4) is 0 Å². The first-order valence-corrected chi connectivity index (χ1v) is 9.21. The van der Waals surface area contributed by atoms with Crippen LogP contribution >= 0.6 is 0 Å². The Kier molecular flexibility index (Phi) is 5.45. The number of hydrogen-bond acceptors (Lipinski definition) is 3. The molecular formula is C21H26N2O3. The summed E-state index contributed by atoms with van der Waals surface area (Å²) in [6.45, 7) is 4.53. The predicted octanol–water partition coefficient (Wildman–Crippen LogP) is 3.52. The number of aromatic nitrogens is 1. The number of rotatable bonds is 5. The Morgan fingerprint density at radius 3 is 2.65 bits per heavy atom. The maximum atomic E-state index is 13.2. The van der Waals surface area contributed by atoms with Gasteiger partial charge in [0.1, 0.15) is 5.69 Å². The van der Waals surface area contributed by atoms with Gasteiger partial charge in [0.05, 0.1) is 12.7 Å². The fourth-order valence-electron chi connectivity index (χ4n) is 3.86. The summed E-state index contributed by atoms with van der Waals surface area (Å²) in [5.41, 5.74) is 3.70. The van der Waals surface area contributed by atoms with E-state index in [2.05, 4.69) is 17.1 Å². The molecule has 2 aromatic rings. The zero-order valence-electron chi connectivity index (χ0n) is 15.7. The second-order valence-corrected chi connectivity index (χ2v) is 6.81. The lowest BCUT2D eigenvalue weighted by Crippen LogP contribution is -2.37. The lowest BCUT2D eigenvalue weighted by molar-refractivity contribution is 0.0599. The number of hydrogen-bond donors (Lipinski definition) is 1. The van der Waals surface area contributed by atoms with E-state index >= 15 is 0 Å². The van der Waals surface area contributed by atoms with E-state index in [-0.39, 0.29) is 11.9 Å². The molecule has 1 aromatic carbocycles. The molecule has 0 saturated carbocycles. The van der Waals surface area contributed by atoms with Crippen LogP contribution in [0, 0.1) is 6.92 Å². The molecule has 1 aromatic heterocycles. The summed E-state index contributed by atoms with van der Waals surface area (Å²) in [5, 5.41) is 0. The molecule has 0 aliphatic carbocycles. The highest BCUT2D eigenvalue weighted by Crippen LogP contribution is 2.27. The van der Waals surface area contributed by atoms with Gasteiger partial charge in [0, 0.05) is 18.3 Å². The number of benzene rings is 1. The lowest BCUT2D eigenvalue weighted by Gasteiger charge is -2.25. The average molecular weight is 354 g/mol. The molecule has 1 amide bonds. The summed E-state index contributed by atoms with van der Waals surface area (Å²) in [5.74, 6) is -0.414. The number of carbonyl (C=O) groups is 2. The second-order valence-electron chi connectivity index (χ2n) is 6.81. The van der Waals surface area contributed by atoms with Crippen LogP contribution in [-0.4, -0.2) is 41.5 Å². The van der Waals surface area contributed by atoms with Crippen molar-refractivity contribution >= 4 is 11.9 Å². The Morgan fingerprint density at radius 1 is 1.27 bits per heavy atom. The van der Waals surface area contributed by atoms with Crippen LogP contribution in [0.25, 0.3) is 0 Å². The molecule has 138 valence electrons. The standard InChI is InChI=1S/C21H26N2O3/c1-4-17-18(21(25)26-3)14(2)19(22-17)20(24)23-12-8-11-16(23)13-15-9-6-5-7-10-15/h5-7,9-10,16,22H,4,8,11-13H2,1-3H3. The highest BCUT2D eigenvalue weighted by Gasteiger charge is 2.33. The van der Waals surface area contributed by atoms with E-state index in [9.17, 15) is 9.59 Å². The van der Waals surface area contributed by atoms with Gasteiger partial charge in [-0.2, -0.15) is 0 Å². The number of aryl methyl sites for hydroxylation is 1. The van der Waals surface area contributed by atoms with Gasteiger partial charge in [-0.3, -0.25) is 4.79 Å². The number of amides is 1. The number of aromatic amines is 1. The van der Waals surface area contributed by atoms with Gasteiger partial charge < -0.3 is 14.6 Å². The van der Waals surface area contributed by atoms with Crippen LogP contribution in [0.1, 0.15) is 57.4 Å². The number of methoxy groups -OCH3 is 1. The molecule has 1 saturated heterocycles. The van der Waals surface area contributed by atoms with Crippen LogP contribution in [0.2, 0.25) is 0 Å². The molecule has 0 bridgehead atoms. The Hall–Kier alpha value is -2.56. The van der Waals surface area contributed by atoms with E-state index in [1.54, 1.807) is 0 Å². The van der Waals surface area contributed by atoms with Gasteiger partial charge in [-0.1, -0.05) is 37.3 Å². The first-order chi connectivity index (χ1) is 12.6. The molecule has 1 atom stereocenters. The maximum Gasteiger partial charge on any atom is 0.339 e. The number of esters is 1. The minimum Gasteiger partial charge on any atom is -0.465 e. The van der Waals surface area contributed by atoms with E-state index < -0.39 is 5.97 Å². The molecule has 5 heteroatoms. The second kappa shape index (κ2) is 7.77. The fourth-order valence-corrected chi connectivity index (χ4v) is 3.86. The van der Waals surface area contributed by atoms with E-state index in [1.807, 2.05) is 36.9 Å². The molecule has 1 aliphatic heterocycles. The Balaban J connectivity index is 1.86. The van der Waals surface area contributed by atoms with Crippen LogP contribution in [0.4, 0.5) is 0 Å². The van der Waals surface area contributed by atoms with Crippen molar-refractivity contribution in [2.75, 3.05) is 13.7 Å². The normalized spacial score (nSPS) is 16.7. The van der Waals surface area contributed by atoms with Gasteiger partial charge in [-0.05, 0) is 43.7 Å². The third-order valence-corrected chi connectivity index (χ3v) is 5.24. The highest BCUT2D eigenvalue weighted by atomic mass is 16.5. The molecule has 1 N–H and O–H groups in total. The largest absolute Gasteiger partial charge is 0.465 e. The van der Waals surface area contributed by atoms with Crippen LogP contribution < -0.4 is 0 Å². The molecule has 0 radical (unpaired) electrons. The summed E-state index contributed by atoms with van der Waals surface area (Å²) in [6.07, 6.45) is 3.52. The summed E-state index contributed by atoms with van der Waals surface area (Å²) in [4.78, 5) is 30.4.